The van der Waals surface area contributed by atoms with Crippen LogP contribution in [-0.2, 0) is 34.1 Å². The van der Waals surface area contributed by atoms with Crippen molar-refractivity contribution >= 4 is 25.9 Å². The Labute approximate surface area is 298 Å². The van der Waals surface area contributed by atoms with Crippen LogP contribution in [0.5, 0.6) is 0 Å². The van der Waals surface area contributed by atoms with Crippen molar-refractivity contribution in [3.63, 3.8) is 0 Å². The standard InChI is InChI=1S/C46H34O3P2/c47-50-43(35-23-11-3-12-24-35)31-39(33-19-7-1-8-20-33)41-42-40(34-21-9-2-10-22-34)32-44(36-25-13-4-14-26-36,45(41,50)37-27-15-5-16-28-37)51(48,49-50)46(42,43)38-29-17-6-18-30-38/h1-32,41-42H/t41-,42-,43-,44+,45+,46+,50?,51?/m0/s1. The summed E-state index contributed by atoms with van der Waals surface area (Å²) in [4.78, 5) is 0. The average molecular weight is 697 g/mol. The summed E-state index contributed by atoms with van der Waals surface area (Å²) in [5.74, 6) is -0.659. The van der Waals surface area contributed by atoms with E-state index in [-0.39, 0.29) is 11.8 Å². The monoisotopic (exact) mass is 696 g/mol. The van der Waals surface area contributed by atoms with Crippen LogP contribution in [0.4, 0.5) is 0 Å². The largest absolute Gasteiger partial charge is 0.290 e. The van der Waals surface area contributed by atoms with E-state index in [1.165, 1.54) is 0 Å². The maximum Gasteiger partial charge on any atom is 0.236 e. The van der Waals surface area contributed by atoms with E-state index in [0.29, 0.717) is 0 Å². The van der Waals surface area contributed by atoms with Crippen molar-refractivity contribution in [2.24, 2.45) is 11.8 Å². The predicted molar refractivity (Wildman–Crippen MR) is 205 cm³/mol. The van der Waals surface area contributed by atoms with Crippen LogP contribution in [0, 0.1) is 11.8 Å². The van der Waals surface area contributed by atoms with Gasteiger partial charge in [-0.15, -0.1) is 0 Å². The van der Waals surface area contributed by atoms with E-state index in [9.17, 15) is 0 Å². The third-order valence-electron chi connectivity index (χ3n) is 13.0. The molecule has 8 bridgehead atoms. The smallest absolute Gasteiger partial charge is 0.236 e. The lowest BCUT2D eigenvalue weighted by Gasteiger charge is -2.76. The van der Waals surface area contributed by atoms with Gasteiger partial charge in [0.15, 0.2) is 0 Å². The molecule has 3 nitrogen and oxygen atoms in total. The predicted octanol–water partition coefficient (Wildman–Crippen LogP) is 11.6. The van der Waals surface area contributed by atoms with Gasteiger partial charge in [0.25, 0.3) is 0 Å². The quantitative estimate of drug-likeness (QED) is 0.163. The highest BCUT2D eigenvalue weighted by Gasteiger charge is 3.04. The second kappa shape index (κ2) is 9.96. The first-order chi connectivity index (χ1) is 25.0. The normalized spacial score (nSPS) is 36.2. The van der Waals surface area contributed by atoms with Crippen LogP contribution < -0.4 is 0 Å². The summed E-state index contributed by atoms with van der Waals surface area (Å²) in [7, 11) is -8.07. The molecule has 0 aromatic heterocycles. The van der Waals surface area contributed by atoms with Gasteiger partial charge in [0.05, 0.1) is 0 Å². The van der Waals surface area contributed by atoms with E-state index in [2.05, 4.69) is 121 Å². The minimum atomic E-state index is -4.03. The van der Waals surface area contributed by atoms with Crippen LogP contribution in [0.2, 0.25) is 0 Å². The van der Waals surface area contributed by atoms with Gasteiger partial charge in [0, 0.05) is 11.8 Å². The zero-order chi connectivity index (χ0) is 34.1. The molecule has 6 aromatic carbocycles. The van der Waals surface area contributed by atoms with Gasteiger partial charge in [-0.05, 0) is 44.5 Å². The van der Waals surface area contributed by atoms with E-state index in [1.807, 2.05) is 72.8 Å². The number of benzene rings is 6. The van der Waals surface area contributed by atoms with Gasteiger partial charge in [-0.2, -0.15) is 0 Å². The molecule has 0 N–H and O–H groups in total. The average Bonchev–Trinajstić information content (AvgIpc) is 3.53. The first-order valence-electron chi connectivity index (χ1n) is 17.7. The van der Waals surface area contributed by atoms with Crippen molar-refractivity contribution < 1.29 is 13.4 Å². The van der Waals surface area contributed by atoms with Crippen molar-refractivity contribution in [1.82, 2.24) is 0 Å². The van der Waals surface area contributed by atoms with Crippen LogP contribution in [0.25, 0.3) is 11.1 Å². The highest BCUT2D eigenvalue weighted by molar-refractivity contribution is 7.83. The molecule has 5 heteroatoms. The third-order valence-corrected chi connectivity index (χ3v) is 22.1. The second-order valence-electron chi connectivity index (χ2n) is 14.6. The van der Waals surface area contributed by atoms with Crippen molar-refractivity contribution in [1.29, 1.82) is 0 Å². The molecular formula is C46H34O3P2. The molecule has 0 amide bonds. The van der Waals surface area contributed by atoms with Crippen molar-refractivity contribution in [2.45, 2.75) is 20.6 Å². The molecule has 0 spiro atoms. The summed E-state index contributed by atoms with van der Waals surface area (Å²) in [5.41, 5.74) is 8.11. The molecule has 0 radical (unpaired) electrons. The molecule has 0 saturated carbocycles. The zero-order valence-electron chi connectivity index (χ0n) is 27.7. The fraction of sp³-hybridized carbons (Fsp3) is 0.130. The maximum absolute atomic E-state index is 17.6. The van der Waals surface area contributed by atoms with Crippen LogP contribution in [0.1, 0.15) is 33.4 Å². The molecule has 5 saturated heterocycles. The van der Waals surface area contributed by atoms with Crippen LogP contribution in [0.15, 0.2) is 194 Å². The van der Waals surface area contributed by atoms with Gasteiger partial charge >= 0.3 is 0 Å². The van der Waals surface area contributed by atoms with Crippen molar-refractivity contribution in [3.8, 4) is 0 Å². The Bertz CT molecular complexity index is 2340. The summed E-state index contributed by atoms with van der Waals surface area (Å²) in [5, 5.41) is -4.84. The van der Waals surface area contributed by atoms with Crippen molar-refractivity contribution in [2.75, 3.05) is 0 Å². The molecule has 7 aliphatic heterocycles. The molecule has 246 valence electrons. The molecule has 7 heterocycles. The van der Waals surface area contributed by atoms with E-state index in [4.69, 9.17) is 4.31 Å². The van der Waals surface area contributed by atoms with Gasteiger partial charge in [-0.3, -0.25) is 13.4 Å². The maximum atomic E-state index is 17.6. The molecule has 9 aliphatic rings. The molecule has 15 rings (SSSR count). The van der Waals surface area contributed by atoms with Crippen LogP contribution >= 0.6 is 14.7 Å². The van der Waals surface area contributed by atoms with Crippen LogP contribution in [-0.4, -0.2) is 0 Å². The summed E-state index contributed by atoms with van der Waals surface area (Å²) in [6, 6.07) is 62.4. The first-order valence-corrected chi connectivity index (χ1v) is 21.0. The summed E-state index contributed by atoms with van der Waals surface area (Å²) in [6.45, 7) is 0. The number of hydrogen-bond donors (Lipinski definition) is 0. The summed E-state index contributed by atoms with van der Waals surface area (Å²) < 4.78 is 42.5. The second-order valence-corrected chi connectivity index (χ2v) is 20.3. The Balaban J connectivity index is 1.46. The van der Waals surface area contributed by atoms with Gasteiger partial charge in [0.1, 0.15) is 20.6 Å². The third kappa shape index (κ3) is 2.95. The minimum absolute atomic E-state index is 0.330. The fourth-order valence-electron chi connectivity index (χ4n) is 11.7. The molecule has 2 unspecified atom stereocenters. The number of hydrogen-bond acceptors (Lipinski definition) is 3. The number of rotatable bonds is 6. The molecule has 5 fully saturated rings. The van der Waals surface area contributed by atoms with E-state index >= 15 is 9.13 Å². The Morgan fingerprint density at radius 3 is 0.961 bits per heavy atom. The molecule has 51 heavy (non-hydrogen) atoms. The minimum Gasteiger partial charge on any atom is -0.290 e. The van der Waals surface area contributed by atoms with Gasteiger partial charge < -0.3 is 0 Å². The topological polar surface area (TPSA) is 43.4 Å². The fourth-order valence-corrected chi connectivity index (χ4v) is 24.3. The van der Waals surface area contributed by atoms with Crippen molar-refractivity contribution in [3.05, 3.63) is 228 Å². The first kappa shape index (κ1) is 29.9. The van der Waals surface area contributed by atoms with E-state index < -0.39 is 35.4 Å². The van der Waals surface area contributed by atoms with Crippen LogP contribution in [0.3, 0.4) is 0 Å². The highest BCUT2D eigenvalue weighted by atomic mass is 31.2. The molecule has 6 aromatic rings. The summed E-state index contributed by atoms with van der Waals surface area (Å²) in [6.07, 6.45) is 4.58. The zero-order valence-corrected chi connectivity index (χ0v) is 29.5. The number of allylic oxidation sites excluding steroid dienone is 4. The van der Waals surface area contributed by atoms with Gasteiger partial charge in [-0.1, -0.05) is 194 Å². The SMILES string of the molecule is O=P12OP3(=O)[C@@]4(c5ccccc5)C=C(c5ccccc5)[C@H]5[C@H](C(c6ccccc6)=C[C@]1(c1ccccc1)[C@@]53c1ccccc1)[C@]42c1ccccc1. The lowest BCUT2D eigenvalue weighted by molar-refractivity contribution is 0.145. The summed E-state index contributed by atoms with van der Waals surface area (Å²) >= 11 is 0. The van der Waals surface area contributed by atoms with Gasteiger partial charge in [-0.25, -0.2) is 0 Å². The van der Waals surface area contributed by atoms with E-state index in [1.54, 1.807) is 0 Å². The molecule has 8 atom stereocenters. The van der Waals surface area contributed by atoms with Gasteiger partial charge in [0.2, 0.25) is 14.7 Å². The highest BCUT2D eigenvalue weighted by Crippen LogP contribution is 3.17. The Kier molecular flexibility index (Phi) is 5.84. The Morgan fingerprint density at radius 2 is 0.647 bits per heavy atom. The molecule has 2 aliphatic carbocycles. The van der Waals surface area contributed by atoms with E-state index in [0.717, 1.165) is 44.5 Å². The Morgan fingerprint density at radius 1 is 0.373 bits per heavy atom. The lowest BCUT2D eigenvalue weighted by atomic mass is 9.48. The molecular weight excluding hydrogens is 662 g/mol. The Hall–Kier alpha value is -4.78. The lowest BCUT2D eigenvalue weighted by Crippen LogP contribution is -2.75.